The summed E-state index contributed by atoms with van der Waals surface area (Å²) in [6.45, 7) is 4.03. The van der Waals surface area contributed by atoms with Gasteiger partial charge in [-0.1, -0.05) is 22.0 Å². The van der Waals surface area contributed by atoms with Crippen molar-refractivity contribution in [3.63, 3.8) is 0 Å². The molecule has 0 fully saturated rings. The van der Waals surface area contributed by atoms with Crippen LogP contribution in [0, 0.1) is 5.82 Å². The molecule has 0 spiro atoms. The van der Waals surface area contributed by atoms with Crippen molar-refractivity contribution in [1.29, 1.82) is 0 Å². The van der Waals surface area contributed by atoms with Gasteiger partial charge in [0, 0.05) is 28.5 Å². The monoisotopic (exact) mass is 326 g/mol. The molecule has 102 valence electrons. The van der Waals surface area contributed by atoms with E-state index in [1.165, 1.54) is 12.4 Å². The van der Waals surface area contributed by atoms with E-state index in [4.69, 9.17) is 5.73 Å². The molecule has 0 bridgehead atoms. The summed E-state index contributed by atoms with van der Waals surface area (Å²) in [6.07, 6.45) is 1.94. The zero-order chi connectivity index (χ0) is 14.0. The van der Waals surface area contributed by atoms with E-state index in [2.05, 4.69) is 26.0 Å². The first-order valence-corrected chi connectivity index (χ1v) is 6.88. The number of benzene rings is 1. The Morgan fingerprint density at radius 1 is 1.42 bits per heavy atom. The maximum absolute atomic E-state index is 13.8. The standard InChI is InChI=1S/C13H16BrFN4/c1-8(2)19-12(17-7-18-19)6-11(16)13-9(14)4-3-5-10(13)15/h3-5,7-8,11H,6,16H2,1-2H3. The van der Waals surface area contributed by atoms with Crippen molar-refractivity contribution < 1.29 is 4.39 Å². The molecule has 1 heterocycles. The van der Waals surface area contributed by atoms with Gasteiger partial charge in [-0.25, -0.2) is 14.1 Å². The molecular weight excluding hydrogens is 311 g/mol. The van der Waals surface area contributed by atoms with Crippen LogP contribution in [-0.4, -0.2) is 14.8 Å². The Morgan fingerprint density at radius 3 is 2.79 bits per heavy atom. The summed E-state index contributed by atoms with van der Waals surface area (Å²) in [5.74, 6) is 0.454. The van der Waals surface area contributed by atoms with Gasteiger partial charge in [-0.15, -0.1) is 0 Å². The van der Waals surface area contributed by atoms with Crippen LogP contribution in [0.25, 0.3) is 0 Å². The van der Waals surface area contributed by atoms with Crippen molar-refractivity contribution in [2.75, 3.05) is 0 Å². The summed E-state index contributed by atoms with van der Waals surface area (Å²) < 4.78 is 16.3. The molecule has 1 atom stereocenters. The third kappa shape index (κ3) is 3.01. The zero-order valence-electron chi connectivity index (χ0n) is 10.8. The minimum atomic E-state index is -0.461. The molecule has 2 N–H and O–H groups in total. The molecule has 6 heteroatoms. The highest BCUT2D eigenvalue weighted by atomic mass is 79.9. The van der Waals surface area contributed by atoms with E-state index in [9.17, 15) is 4.39 Å². The van der Waals surface area contributed by atoms with Crippen LogP contribution >= 0.6 is 15.9 Å². The fraction of sp³-hybridized carbons (Fsp3) is 0.385. The number of rotatable bonds is 4. The first kappa shape index (κ1) is 14.1. The first-order chi connectivity index (χ1) is 9.00. The SMILES string of the molecule is CC(C)n1ncnc1CC(N)c1c(F)cccc1Br. The Balaban J connectivity index is 2.26. The minimum Gasteiger partial charge on any atom is -0.323 e. The zero-order valence-corrected chi connectivity index (χ0v) is 12.4. The molecule has 0 aliphatic carbocycles. The normalized spacial score (nSPS) is 12.9. The quantitative estimate of drug-likeness (QED) is 0.939. The largest absolute Gasteiger partial charge is 0.323 e. The molecule has 0 saturated heterocycles. The van der Waals surface area contributed by atoms with Gasteiger partial charge in [0.15, 0.2) is 0 Å². The maximum Gasteiger partial charge on any atom is 0.138 e. The van der Waals surface area contributed by atoms with Crippen LogP contribution < -0.4 is 5.73 Å². The van der Waals surface area contributed by atoms with Gasteiger partial charge in [0.1, 0.15) is 18.0 Å². The number of nitrogens with zero attached hydrogens (tertiary/aromatic N) is 3. The van der Waals surface area contributed by atoms with Crippen LogP contribution in [0.5, 0.6) is 0 Å². The maximum atomic E-state index is 13.8. The highest BCUT2D eigenvalue weighted by Gasteiger charge is 2.18. The van der Waals surface area contributed by atoms with Crippen molar-refractivity contribution >= 4 is 15.9 Å². The number of aromatic nitrogens is 3. The topological polar surface area (TPSA) is 56.7 Å². The van der Waals surface area contributed by atoms with Crippen LogP contribution in [-0.2, 0) is 6.42 Å². The lowest BCUT2D eigenvalue weighted by Crippen LogP contribution is -2.19. The van der Waals surface area contributed by atoms with E-state index in [1.54, 1.807) is 16.8 Å². The fourth-order valence-electron chi connectivity index (χ4n) is 2.02. The Hall–Kier alpha value is -1.27. The fourth-order valence-corrected chi connectivity index (χ4v) is 2.65. The van der Waals surface area contributed by atoms with Gasteiger partial charge in [0.2, 0.25) is 0 Å². The predicted octanol–water partition coefficient (Wildman–Crippen LogP) is 3.00. The molecule has 0 saturated carbocycles. The van der Waals surface area contributed by atoms with Crippen LogP contribution in [0.1, 0.15) is 37.3 Å². The molecule has 0 radical (unpaired) electrons. The second-order valence-corrected chi connectivity index (χ2v) is 5.51. The summed E-state index contributed by atoms with van der Waals surface area (Å²) >= 11 is 3.34. The third-order valence-electron chi connectivity index (χ3n) is 2.91. The van der Waals surface area contributed by atoms with Crippen LogP contribution in [0.3, 0.4) is 0 Å². The van der Waals surface area contributed by atoms with Crippen LogP contribution in [0.15, 0.2) is 29.0 Å². The van der Waals surface area contributed by atoms with Crippen molar-refractivity contribution in [3.8, 4) is 0 Å². The molecule has 19 heavy (non-hydrogen) atoms. The second-order valence-electron chi connectivity index (χ2n) is 4.66. The van der Waals surface area contributed by atoms with Gasteiger partial charge in [-0.05, 0) is 26.0 Å². The van der Waals surface area contributed by atoms with Gasteiger partial charge in [-0.3, -0.25) is 0 Å². The smallest absolute Gasteiger partial charge is 0.138 e. The molecular formula is C13H16BrFN4. The number of hydrogen-bond acceptors (Lipinski definition) is 3. The summed E-state index contributed by atoms with van der Waals surface area (Å²) in [5, 5.41) is 4.15. The van der Waals surface area contributed by atoms with Gasteiger partial charge in [0.25, 0.3) is 0 Å². The highest BCUT2D eigenvalue weighted by Crippen LogP contribution is 2.27. The average Bonchev–Trinajstić information content (AvgIpc) is 2.76. The highest BCUT2D eigenvalue weighted by molar-refractivity contribution is 9.10. The molecule has 1 unspecified atom stereocenters. The number of halogens is 2. The first-order valence-electron chi connectivity index (χ1n) is 6.08. The molecule has 4 nitrogen and oxygen atoms in total. The van der Waals surface area contributed by atoms with Gasteiger partial charge in [-0.2, -0.15) is 5.10 Å². The second kappa shape index (κ2) is 5.79. The lowest BCUT2D eigenvalue weighted by Gasteiger charge is -2.16. The van der Waals surface area contributed by atoms with E-state index < -0.39 is 6.04 Å². The van der Waals surface area contributed by atoms with Crippen LogP contribution in [0.4, 0.5) is 4.39 Å². The Kier molecular flexibility index (Phi) is 4.31. The summed E-state index contributed by atoms with van der Waals surface area (Å²) in [6, 6.07) is 4.58. The Morgan fingerprint density at radius 2 is 2.16 bits per heavy atom. The van der Waals surface area contributed by atoms with Gasteiger partial charge >= 0.3 is 0 Å². The molecule has 1 aromatic heterocycles. The van der Waals surface area contributed by atoms with E-state index in [0.717, 1.165) is 5.82 Å². The Bertz CT molecular complexity index is 547. The van der Waals surface area contributed by atoms with Crippen molar-refractivity contribution in [2.45, 2.75) is 32.4 Å². The van der Waals surface area contributed by atoms with Gasteiger partial charge < -0.3 is 5.73 Å². The van der Waals surface area contributed by atoms with E-state index in [1.807, 2.05) is 13.8 Å². The predicted molar refractivity (Wildman–Crippen MR) is 75.1 cm³/mol. The van der Waals surface area contributed by atoms with Crippen molar-refractivity contribution in [2.24, 2.45) is 5.73 Å². The minimum absolute atomic E-state index is 0.203. The van der Waals surface area contributed by atoms with Gasteiger partial charge in [0.05, 0.1) is 0 Å². The Labute approximate surface area is 120 Å². The lowest BCUT2D eigenvalue weighted by atomic mass is 10.0. The average molecular weight is 327 g/mol. The molecule has 2 rings (SSSR count). The van der Waals surface area contributed by atoms with E-state index in [-0.39, 0.29) is 11.9 Å². The molecule has 2 aromatic rings. The summed E-state index contributed by atoms with van der Waals surface area (Å²) in [7, 11) is 0. The van der Waals surface area contributed by atoms with Crippen molar-refractivity contribution in [3.05, 3.63) is 46.2 Å². The number of hydrogen-bond donors (Lipinski definition) is 1. The summed E-state index contributed by atoms with van der Waals surface area (Å²) in [4.78, 5) is 4.20. The molecule has 0 aliphatic heterocycles. The van der Waals surface area contributed by atoms with E-state index >= 15 is 0 Å². The molecule has 0 aliphatic rings. The van der Waals surface area contributed by atoms with Crippen molar-refractivity contribution in [1.82, 2.24) is 14.8 Å². The third-order valence-corrected chi connectivity index (χ3v) is 3.60. The molecule has 1 aromatic carbocycles. The summed E-state index contributed by atoms with van der Waals surface area (Å²) in [5.41, 5.74) is 6.58. The number of nitrogens with two attached hydrogens (primary N) is 1. The van der Waals surface area contributed by atoms with E-state index in [0.29, 0.717) is 16.5 Å². The van der Waals surface area contributed by atoms with Crippen LogP contribution in [0.2, 0.25) is 0 Å². The molecule has 0 amide bonds. The lowest BCUT2D eigenvalue weighted by molar-refractivity contribution is 0.488.